The Balaban J connectivity index is 2.18. The molecule has 0 saturated carbocycles. The first-order valence-electron chi connectivity index (χ1n) is 5.85. The first-order chi connectivity index (χ1) is 9.69. The van der Waals surface area contributed by atoms with Crippen molar-refractivity contribution < 1.29 is 9.21 Å². The normalized spacial score (nSPS) is 10.7. The Bertz CT molecular complexity index is 798. The van der Waals surface area contributed by atoms with Crippen molar-refractivity contribution in [2.45, 2.75) is 0 Å². The highest BCUT2D eigenvalue weighted by Crippen LogP contribution is 2.28. The Labute approximate surface area is 119 Å². The van der Waals surface area contributed by atoms with E-state index >= 15 is 0 Å². The summed E-state index contributed by atoms with van der Waals surface area (Å²) in [5.41, 5.74) is 4.31. The quantitative estimate of drug-likeness (QED) is 0.431. The standard InChI is InChI=1S/C14H10ClN3O2/c15-8-5-6-12-11(7-8)17-14(20-12)10-4-2-1-3-9(10)13(19)18-16/h1-7H,16H2,(H,18,19). The topological polar surface area (TPSA) is 81.1 Å². The highest BCUT2D eigenvalue weighted by molar-refractivity contribution is 6.31. The zero-order chi connectivity index (χ0) is 14.1. The van der Waals surface area contributed by atoms with Gasteiger partial charge in [0.2, 0.25) is 5.89 Å². The number of halogens is 1. The van der Waals surface area contributed by atoms with E-state index in [9.17, 15) is 4.79 Å². The summed E-state index contributed by atoms with van der Waals surface area (Å²) >= 11 is 5.92. The van der Waals surface area contributed by atoms with Crippen molar-refractivity contribution in [3.63, 3.8) is 0 Å². The van der Waals surface area contributed by atoms with Gasteiger partial charge in [-0.05, 0) is 30.3 Å². The molecular weight excluding hydrogens is 278 g/mol. The molecule has 0 aliphatic heterocycles. The van der Waals surface area contributed by atoms with E-state index in [0.717, 1.165) is 0 Å². The van der Waals surface area contributed by atoms with E-state index in [-0.39, 0.29) is 0 Å². The third-order valence-electron chi connectivity index (χ3n) is 2.88. The minimum Gasteiger partial charge on any atom is -0.436 e. The maximum absolute atomic E-state index is 11.8. The number of rotatable bonds is 2. The summed E-state index contributed by atoms with van der Waals surface area (Å²) in [5, 5.41) is 0.574. The second kappa shape index (κ2) is 4.96. The predicted octanol–water partition coefficient (Wildman–Crippen LogP) is 2.75. The Morgan fingerprint density at radius 2 is 2.05 bits per heavy atom. The minimum atomic E-state index is -0.402. The van der Waals surface area contributed by atoms with Crippen LogP contribution in [-0.2, 0) is 0 Å². The zero-order valence-electron chi connectivity index (χ0n) is 10.3. The number of benzene rings is 2. The number of nitrogens with zero attached hydrogens (tertiary/aromatic N) is 1. The number of carbonyl (C=O) groups excluding carboxylic acids is 1. The number of hydrazine groups is 1. The highest BCUT2D eigenvalue weighted by Gasteiger charge is 2.16. The van der Waals surface area contributed by atoms with Gasteiger partial charge in [0, 0.05) is 10.6 Å². The van der Waals surface area contributed by atoms with Gasteiger partial charge in [0.15, 0.2) is 5.58 Å². The molecule has 3 rings (SSSR count). The molecule has 0 aliphatic carbocycles. The predicted molar refractivity (Wildman–Crippen MR) is 76.1 cm³/mol. The average molecular weight is 288 g/mol. The van der Waals surface area contributed by atoms with Gasteiger partial charge in [0.05, 0.1) is 5.56 Å². The molecule has 0 spiro atoms. The molecule has 0 atom stereocenters. The smallest absolute Gasteiger partial charge is 0.265 e. The number of carbonyl (C=O) groups is 1. The zero-order valence-corrected chi connectivity index (χ0v) is 11.0. The molecule has 1 aromatic heterocycles. The lowest BCUT2D eigenvalue weighted by Crippen LogP contribution is -2.30. The molecule has 1 amide bonds. The van der Waals surface area contributed by atoms with Crippen LogP contribution in [-0.4, -0.2) is 10.9 Å². The van der Waals surface area contributed by atoms with E-state index in [2.05, 4.69) is 10.4 Å². The van der Waals surface area contributed by atoms with E-state index in [1.54, 1.807) is 42.5 Å². The van der Waals surface area contributed by atoms with Gasteiger partial charge in [-0.15, -0.1) is 0 Å². The number of amides is 1. The van der Waals surface area contributed by atoms with Gasteiger partial charge >= 0.3 is 0 Å². The molecular formula is C14H10ClN3O2. The van der Waals surface area contributed by atoms with Crippen molar-refractivity contribution in [3.8, 4) is 11.5 Å². The van der Waals surface area contributed by atoms with E-state index < -0.39 is 5.91 Å². The first-order valence-corrected chi connectivity index (χ1v) is 6.23. The van der Waals surface area contributed by atoms with Crippen LogP contribution in [0.15, 0.2) is 46.9 Å². The molecule has 20 heavy (non-hydrogen) atoms. The van der Waals surface area contributed by atoms with Crippen LogP contribution >= 0.6 is 11.6 Å². The number of fused-ring (bicyclic) bond motifs is 1. The Kier molecular flexibility index (Phi) is 3.14. The Morgan fingerprint density at radius 3 is 2.85 bits per heavy atom. The first kappa shape index (κ1) is 12.7. The molecule has 0 bridgehead atoms. The number of oxazole rings is 1. The molecule has 5 nitrogen and oxygen atoms in total. The van der Waals surface area contributed by atoms with Crippen LogP contribution in [0.5, 0.6) is 0 Å². The molecule has 0 fully saturated rings. The molecule has 1 heterocycles. The number of nitrogens with two attached hydrogens (primary N) is 1. The highest BCUT2D eigenvalue weighted by atomic mass is 35.5. The lowest BCUT2D eigenvalue weighted by Gasteiger charge is -2.03. The van der Waals surface area contributed by atoms with Crippen molar-refractivity contribution in [3.05, 3.63) is 53.1 Å². The van der Waals surface area contributed by atoms with Crippen molar-refractivity contribution in [2.24, 2.45) is 5.84 Å². The van der Waals surface area contributed by atoms with Crippen molar-refractivity contribution >= 4 is 28.6 Å². The fourth-order valence-electron chi connectivity index (χ4n) is 1.96. The minimum absolute atomic E-state index is 0.349. The lowest BCUT2D eigenvalue weighted by atomic mass is 10.1. The van der Waals surface area contributed by atoms with Crippen LogP contribution in [0.1, 0.15) is 10.4 Å². The molecule has 3 aromatic rings. The maximum Gasteiger partial charge on any atom is 0.265 e. The van der Waals surface area contributed by atoms with Crippen LogP contribution < -0.4 is 11.3 Å². The molecule has 6 heteroatoms. The molecule has 2 aromatic carbocycles. The van der Waals surface area contributed by atoms with Gasteiger partial charge < -0.3 is 4.42 Å². The van der Waals surface area contributed by atoms with Crippen LogP contribution in [0.2, 0.25) is 5.02 Å². The van der Waals surface area contributed by atoms with Crippen LogP contribution in [0.25, 0.3) is 22.6 Å². The molecule has 3 N–H and O–H groups in total. The summed E-state index contributed by atoms with van der Waals surface area (Å²) < 4.78 is 5.65. The van der Waals surface area contributed by atoms with E-state index in [1.165, 1.54) is 0 Å². The third kappa shape index (κ3) is 2.13. The fraction of sp³-hybridized carbons (Fsp3) is 0. The van der Waals surface area contributed by atoms with Gasteiger partial charge in [-0.3, -0.25) is 10.2 Å². The second-order valence-corrected chi connectivity index (χ2v) is 4.59. The summed E-state index contributed by atoms with van der Waals surface area (Å²) in [5.74, 6) is 5.12. The SMILES string of the molecule is NNC(=O)c1ccccc1-c1nc2cc(Cl)ccc2o1. The van der Waals surface area contributed by atoms with Crippen LogP contribution in [0.3, 0.4) is 0 Å². The Morgan fingerprint density at radius 1 is 1.25 bits per heavy atom. The van der Waals surface area contributed by atoms with E-state index in [1.807, 2.05) is 0 Å². The lowest BCUT2D eigenvalue weighted by molar-refractivity contribution is 0.0954. The second-order valence-electron chi connectivity index (χ2n) is 4.15. The monoisotopic (exact) mass is 287 g/mol. The maximum atomic E-state index is 11.8. The van der Waals surface area contributed by atoms with Gasteiger partial charge in [-0.25, -0.2) is 10.8 Å². The van der Waals surface area contributed by atoms with Crippen molar-refractivity contribution in [2.75, 3.05) is 0 Å². The van der Waals surface area contributed by atoms with Gasteiger partial charge in [0.25, 0.3) is 5.91 Å². The van der Waals surface area contributed by atoms with Crippen molar-refractivity contribution in [1.29, 1.82) is 0 Å². The summed E-state index contributed by atoms with van der Waals surface area (Å²) in [4.78, 5) is 16.1. The molecule has 0 unspecified atom stereocenters. The summed E-state index contributed by atoms with van der Waals surface area (Å²) in [6, 6.07) is 12.1. The number of hydrogen-bond donors (Lipinski definition) is 2. The molecule has 100 valence electrons. The van der Waals surface area contributed by atoms with Gasteiger partial charge in [-0.2, -0.15) is 0 Å². The number of nitrogens with one attached hydrogen (secondary N) is 1. The largest absolute Gasteiger partial charge is 0.436 e. The molecule has 0 aliphatic rings. The summed E-state index contributed by atoms with van der Waals surface area (Å²) in [6.45, 7) is 0. The Hall–Kier alpha value is -2.37. The summed E-state index contributed by atoms with van der Waals surface area (Å²) in [7, 11) is 0. The average Bonchev–Trinajstić information content (AvgIpc) is 2.89. The van der Waals surface area contributed by atoms with Crippen LogP contribution in [0, 0.1) is 0 Å². The number of hydrogen-bond acceptors (Lipinski definition) is 4. The summed E-state index contributed by atoms with van der Waals surface area (Å²) in [6.07, 6.45) is 0. The van der Waals surface area contributed by atoms with Crippen molar-refractivity contribution in [1.82, 2.24) is 10.4 Å². The third-order valence-corrected chi connectivity index (χ3v) is 3.12. The van der Waals surface area contributed by atoms with Gasteiger partial charge in [0.1, 0.15) is 5.52 Å². The van der Waals surface area contributed by atoms with Gasteiger partial charge in [-0.1, -0.05) is 23.7 Å². The fourth-order valence-corrected chi connectivity index (χ4v) is 2.13. The number of nitrogen functional groups attached to an aromatic ring is 1. The van der Waals surface area contributed by atoms with E-state index in [0.29, 0.717) is 33.1 Å². The van der Waals surface area contributed by atoms with Crippen LogP contribution in [0.4, 0.5) is 0 Å². The molecule has 0 radical (unpaired) electrons. The number of aromatic nitrogens is 1. The molecule has 0 saturated heterocycles. The van der Waals surface area contributed by atoms with E-state index in [4.69, 9.17) is 21.9 Å².